The first-order valence-corrected chi connectivity index (χ1v) is 14.4. The molecule has 2 atom stereocenters. The number of benzene rings is 1. The molecule has 2 aromatic heterocycles. The maximum atomic E-state index is 14.7. The highest BCUT2D eigenvalue weighted by Crippen LogP contribution is 2.37. The molecule has 42 heavy (non-hydrogen) atoms. The van der Waals surface area contributed by atoms with Gasteiger partial charge in [-0.15, -0.1) is 0 Å². The molecule has 6 rings (SSSR count). The van der Waals surface area contributed by atoms with Gasteiger partial charge in [-0.2, -0.15) is 15.1 Å². The Bertz CT molecular complexity index is 1510. The summed E-state index contributed by atoms with van der Waals surface area (Å²) in [5.74, 6) is -0.906. The summed E-state index contributed by atoms with van der Waals surface area (Å²) in [7, 11) is 1.86. The number of alkyl halides is 1. The van der Waals surface area contributed by atoms with Crippen molar-refractivity contribution in [3.63, 3.8) is 0 Å². The predicted molar refractivity (Wildman–Crippen MR) is 153 cm³/mol. The molecule has 0 saturated carbocycles. The van der Waals surface area contributed by atoms with Crippen molar-refractivity contribution < 1.29 is 22.7 Å². The van der Waals surface area contributed by atoms with Crippen LogP contribution in [0.5, 0.6) is 6.01 Å². The number of carbonyl (C=O) groups excluding carboxylic acids is 1. The second-order valence-corrected chi connectivity index (χ2v) is 11.4. The number of nitrogens with one attached hydrogen (secondary N) is 1. The molecule has 0 bridgehead atoms. The van der Waals surface area contributed by atoms with Gasteiger partial charge < -0.3 is 19.4 Å². The first-order valence-electron chi connectivity index (χ1n) is 14.0. The van der Waals surface area contributed by atoms with Crippen molar-refractivity contribution in [1.82, 2.24) is 30.0 Å². The predicted octanol–water partition coefficient (Wildman–Crippen LogP) is 3.65. The normalized spacial score (nSPS) is 21.2. The molecule has 1 amide bonds. The minimum atomic E-state index is -0.982. The van der Waals surface area contributed by atoms with Crippen molar-refractivity contribution in [2.75, 3.05) is 62.7 Å². The van der Waals surface area contributed by atoms with Crippen LogP contribution in [0.1, 0.15) is 24.0 Å². The fourth-order valence-electron chi connectivity index (χ4n) is 6.07. The molecule has 10 nitrogen and oxygen atoms in total. The van der Waals surface area contributed by atoms with Gasteiger partial charge in [-0.05, 0) is 26.3 Å². The van der Waals surface area contributed by atoms with Gasteiger partial charge in [0.1, 0.15) is 30.2 Å². The van der Waals surface area contributed by atoms with Gasteiger partial charge in [-0.3, -0.25) is 14.8 Å². The third-order valence-corrected chi connectivity index (χ3v) is 8.74. The lowest BCUT2D eigenvalue weighted by molar-refractivity contribution is -0.128. The number of hydrogen-bond acceptors (Lipinski definition) is 8. The van der Waals surface area contributed by atoms with E-state index in [4.69, 9.17) is 26.3 Å². The van der Waals surface area contributed by atoms with Crippen LogP contribution in [0.2, 0.25) is 5.02 Å². The smallest absolute Gasteiger partial charge is 0.320 e. The zero-order valence-electron chi connectivity index (χ0n) is 23.3. The number of aromatic amines is 1. The Morgan fingerprint density at radius 3 is 2.69 bits per heavy atom. The second-order valence-electron chi connectivity index (χ2n) is 11.1. The summed E-state index contributed by atoms with van der Waals surface area (Å²) in [5, 5.41) is 7.62. The molecule has 0 radical (unpaired) electrons. The largest absolute Gasteiger partial charge is 0.462 e. The zero-order chi connectivity index (χ0) is 29.5. The molecule has 14 heteroatoms. The minimum Gasteiger partial charge on any atom is -0.462 e. The lowest BCUT2D eigenvalue weighted by atomic mass is 10.0. The Kier molecular flexibility index (Phi) is 7.88. The first kappa shape index (κ1) is 28.5. The van der Waals surface area contributed by atoms with Gasteiger partial charge in [-0.25, -0.2) is 13.2 Å². The quantitative estimate of drug-likeness (QED) is 0.409. The van der Waals surface area contributed by atoms with Crippen molar-refractivity contribution in [1.29, 1.82) is 0 Å². The van der Waals surface area contributed by atoms with E-state index in [1.807, 2.05) is 21.7 Å². The number of piperazine rings is 1. The van der Waals surface area contributed by atoms with Crippen LogP contribution in [0.25, 0.3) is 10.9 Å². The van der Waals surface area contributed by atoms with Crippen molar-refractivity contribution in [2.45, 2.75) is 38.0 Å². The Morgan fingerprint density at radius 2 is 1.98 bits per heavy atom. The monoisotopic (exact) mass is 604 g/mol. The molecule has 5 heterocycles. The number of likely N-dealkylation sites (tertiary alicyclic amines) is 1. The highest BCUT2D eigenvalue weighted by atomic mass is 35.5. The van der Waals surface area contributed by atoms with Crippen molar-refractivity contribution >= 4 is 40.0 Å². The number of rotatable bonds is 7. The van der Waals surface area contributed by atoms with E-state index in [2.05, 4.69) is 16.8 Å². The molecule has 1 N–H and O–H groups in total. The van der Waals surface area contributed by atoms with E-state index in [0.29, 0.717) is 74.8 Å². The number of ether oxygens (including phenoxy) is 1. The molecule has 3 aliphatic rings. The van der Waals surface area contributed by atoms with E-state index in [1.165, 1.54) is 11.0 Å². The maximum Gasteiger partial charge on any atom is 0.320 e. The molecule has 2 fully saturated rings. The molecular weight excluding hydrogens is 573 g/mol. The van der Waals surface area contributed by atoms with E-state index in [0.717, 1.165) is 17.4 Å². The number of amides is 1. The SMILES string of the molecule is C=C(F)C(=O)N1CCN(c2nc(OC[C@@H]3C[C@@H](F)CN3C)nc3c2CCCN3Cc2c(Cl)c(F)cc3[nH]ncc23)CC1. The van der Waals surface area contributed by atoms with E-state index in [1.54, 1.807) is 6.20 Å². The number of hydrogen-bond donors (Lipinski definition) is 1. The number of aromatic nitrogens is 4. The molecule has 0 unspecified atom stereocenters. The molecule has 224 valence electrons. The third-order valence-electron chi connectivity index (χ3n) is 8.33. The number of carbonyl (C=O) groups is 1. The number of H-pyrrole nitrogens is 1. The molecule has 3 aliphatic heterocycles. The van der Waals surface area contributed by atoms with Gasteiger partial charge in [0.05, 0.1) is 16.7 Å². The Morgan fingerprint density at radius 1 is 1.21 bits per heavy atom. The lowest BCUT2D eigenvalue weighted by Crippen LogP contribution is -2.49. The molecule has 0 spiro atoms. The standard InChI is InChI=1S/C28H32ClF3N8O2/c1-16(30)27(41)39-8-6-38(7-9-39)25-19-4-3-5-40(14-21-20-12-33-36-23(20)11-22(32)24(21)29)26(19)35-28(34-25)42-15-18-10-17(31)13-37(18)2/h11-12,17-18H,1,3-10,13-15H2,2H3,(H,33,36)/t17-,18+/m1/s1. The molecule has 2 saturated heterocycles. The highest BCUT2D eigenvalue weighted by Gasteiger charge is 2.33. The van der Waals surface area contributed by atoms with Crippen LogP contribution in [-0.2, 0) is 17.8 Å². The number of likely N-dealkylation sites (N-methyl/N-ethyl adjacent to an activating group) is 1. The molecule has 3 aromatic rings. The van der Waals surface area contributed by atoms with Crippen molar-refractivity contribution in [2.24, 2.45) is 0 Å². The number of anilines is 2. The van der Waals surface area contributed by atoms with E-state index >= 15 is 0 Å². The lowest BCUT2D eigenvalue weighted by Gasteiger charge is -2.38. The number of nitrogens with zero attached hydrogens (tertiary/aromatic N) is 7. The van der Waals surface area contributed by atoms with Crippen LogP contribution in [0.3, 0.4) is 0 Å². The summed E-state index contributed by atoms with van der Waals surface area (Å²) in [6, 6.07) is 1.37. The Balaban J connectivity index is 1.33. The van der Waals surface area contributed by atoms with E-state index in [-0.39, 0.29) is 30.2 Å². The highest BCUT2D eigenvalue weighted by molar-refractivity contribution is 6.32. The molecular formula is C28H32ClF3N8O2. The van der Waals surface area contributed by atoms with E-state index in [9.17, 15) is 18.0 Å². The minimum absolute atomic E-state index is 0.0297. The van der Waals surface area contributed by atoms with Crippen LogP contribution < -0.4 is 14.5 Å². The molecule has 0 aliphatic carbocycles. The second kappa shape index (κ2) is 11.6. The van der Waals surface area contributed by atoms with Gasteiger partial charge in [0.25, 0.3) is 5.91 Å². The fourth-order valence-corrected chi connectivity index (χ4v) is 6.29. The Hall–Kier alpha value is -3.58. The van der Waals surface area contributed by atoms with Gasteiger partial charge in [0.15, 0.2) is 5.83 Å². The maximum absolute atomic E-state index is 14.7. The Labute approximate surface area is 246 Å². The third kappa shape index (κ3) is 5.47. The summed E-state index contributed by atoms with van der Waals surface area (Å²) >= 11 is 6.46. The zero-order valence-corrected chi connectivity index (χ0v) is 24.0. The number of fused-ring (bicyclic) bond motifs is 2. The van der Waals surface area contributed by atoms with Crippen molar-refractivity contribution in [3.8, 4) is 6.01 Å². The van der Waals surface area contributed by atoms with Gasteiger partial charge >= 0.3 is 6.01 Å². The van der Waals surface area contributed by atoms with Crippen LogP contribution in [0, 0.1) is 5.82 Å². The number of halogens is 4. The van der Waals surface area contributed by atoms with Gasteiger partial charge in [-0.1, -0.05) is 18.2 Å². The molecule has 1 aromatic carbocycles. The summed E-state index contributed by atoms with van der Waals surface area (Å²) in [6.45, 7) is 6.11. The van der Waals surface area contributed by atoms with Crippen LogP contribution in [0.15, 0.2) is 24.7 Å². The first-order chi connectivity index (χ1) is 20.2. The van der Waals surface area contributed by atoms with Crippen LogP contribution in [0.4, 0.5) is 24.8 Å². The fraction of sp³-hybridized carbons (Fsp3) is 0.500. The average Bonchev–Trinajstić information content (AvgIpc) is 3.58. The van der Waals surface area contributed by atoms with Gasteiger partial charge in [0, 0.05) is 74.4 Å². The topological polar surface area (TPSA) is 93.7 Å². The summed E-state index contributed by atoms with van der Waals surface area (Å²) in [4.78, 5) is 29.2. The van der Waals surface area contributed by atoms with Crippen molar-refractivity contribution in [3.05, 3.63) is 46.6 Å². The summed E-state index contributed by atoms with van der Waals surface area (Å²) in [6.07, 6.45) is 2.60. The van der Waals surface area contributed by atoms with Gasteiger partial charge in [0.2, 0.25) is 0 Å². The average molecular weight is 605 g/mol. The van der Waals surface area contributed by atoms with Crippen LogP contribution in [-0.4, -0.2) is 101 Å². The summed E-state index contributed by atoms with van der Waals surface area (Å²) < 4.78 is 48.3. The van der Waals surface area contributed by atoms with Crippen LogP contribution >= 0.6 is 11.6 Å². The van der Waals surface area contributed by atoms with E-state index < -0.39 is 23.7 Å². The summed E-state index contributed by atoms with van der Waals surface area (Å²) in [5.41, 5.74) is 2.05.